The van der Waals surface area contributed by atoms with Gasteiger partial charge in [0.1, 0.15) is 11.5 Å². The fourth-order valence-electron chi connectivity index (χ4n) is 3.23. The van der Waals surface area contributed by atoms with Crippen LogP contribution in [0, 0.1) is 6.92 Å². The number of aryl methyl sites for hydroxylation is 1. The molecule has 2 aromatic rings. The molecule has 1 aromatic heterocycles. The molecule has 2 heterocycles. The number of amides is 1. The molecule has 1 fully saturated rings. The first-order valence-corrected chi connectivity index (χ1v) is 9.27. The van der Waals surface area contributed by atoms with Crippen molar-refractivity contribution in [3.63, 3.8) is 0 Å². The Morgan fingerprint density at radius 2 is 1.85 bits per heavy atom. The van der Waals surface area contributed by atoms with Crippen molar-refractivity contribution in [1.82, 2.24) is 19.9 Å². The van der Waals surface area contributed by atoms with E-state index in [1.54, 1.807) is 12.0 Å². The summed E-state index contributed by atoms with van der Waals surface area (Å²) in [6.45, 7) is 7.41. The van der Waals surface area contributed by atoms with Crippen LogP contribution in [0.1, 0.15) is 17.0 Å². The fraction of sp³-hybridized carbons (Fsp3) is 0.500. The fourth-order valence-corrected chi connectivity index (χ4v) is 3.23. The molecule has 27 heavy (non-hydrogen) atoms. The molecular weight excluding hydrogens is 344 g/mol. The van der Waals surface area contributed by atoms with E-state index in [0.29, 0.717) is 13.1 Å². The number of aromatic nitrogens is 1. The van der Waals surface area contributed by atoms with Crippen LogP contribution < -0.4 is 4.74 Å². The minimum absolute atomic E-state index is 0.145. The SMILES string of the molecule is COc1ccc(CN(C)C(=O)CN2CCN(Cc3cc(C)on3)CC2)cc1. The Morgan fingerprint density at radius 3 is 2.44 bits per heavy atom. The van der Waals surface area contributed by atoms with Gasteiger partial charge in [-0.2, -0.15) is 0 Å². The van der Waals surface area contributed by atoms with Gasteiger partial charge in [-0.3, -0.25) is 14.6 Å². The molecule has 0 unspecified atom stereocenters. The van der Waals surface area contributed by atoms with E-state index in [1.807, 2.05) is 44.3 Å². The van der Waals surface area contributed by atoms with Crippen LogP contribution in [0.2, 0.25) is 0 Å². The molecule has 7 heteroatoms. The second-order valence-corrected chi connectivity index (χ2v) is 7.08. The molecule has 0 spiro atoms. The highest BCUT2D eigenvalue weighted by atomic mass is 16.5. The number of benzene rings is 1. The lowest BCUT2D eigenvalue weighted by Gasteiger charge is -2.34. The third-order valence-corrected chi connectivity index (χ3v) is 4.89. The zero-order valence-corrected chi connectivity index (χ0v) is 16.4. The molecule has 1 saturated heterocycles. The molecule has 0 saturated carbocycles. The number of carbonyl (C=O) groups excluding carboxylic acids is 1. The lowest BCUT2D eigenvalue weighted by molar-refractivity contribution is -0.132. The molecular formula is C20H28N4O3. The second-order valence-electron chi connectivity index (χ2n) is 7.08. The maximum absolute atomic E-state index is 12.5. The molecule has 146 valence electrons. The molecule has 0 N–H and O–H groups in total. The average Bonchev–Trinajstić information content (AvgIpc) is 3.08. The number of carbonyl (C=O) groups is 1. The van der Waals surface area contributed by atoms with Crippen LogP contribution >= 0.6 is 0 Å². The van der Waals surface area contributed by atoms with E-state index in [-0.39, 0.29) is 5.91 Å². The summed E-state index contributed by atoms with van der Waals surface area (Å²) >= 11 is 0. The summed E-state index contributed by atoms with van der Waals surface area (Å²) < 4.78 is 10.3. The van der Waals surface area contributed by atoms with E-state index in [0.717, 1.165) is 55.5 Å². The van der Waals surface area contributed by atoms with Gasteiger partial charge >= 0.3 is 0 Å². The molecule has 1 aromatic carbocycles. The number of hydrogen-bond acceptors (Lipinski definition) is 6. The normalized spacial score (nSPS) is 15.7. The van der Waals surface area contributed by atoms with Gasteiger partial charge in [-0.25, -0.2) is 0 Å². The summed E-state index contributed by atoms with van der Waals surface area (Å²) in [6, 6.07) is 9.80. The first-order valence-electron chi connectivity index (χ1n) is 9.27. The van der Waals surface area contributed by atoms with Gasteiger partial charge in [0.2, 0.25) is 5.91 Å². The van der Waals surface area contributed by atoms with Gasteiger partial charge in [0, 0.05) is 52.4 Å². The van der Waals surface area contributed by atoms with E-state index >= 15 is 0 Å². The van der Waals surface area contributed by atoms with Crippen LogP contribution in [0.5, 0.6) is 5.75 Å². The highest BCUT2D eigenvalue weighted by Crippen LogP contribution is 2.13. The van der Waals surface area contributed by atoms with Gasteiger partial charge in [-0.15, -0.1) is 0 Å². The molecule has 0 radical (unpaired) electrons. The van der Waals surface area contributed by atoms with Gasteiger partial charge in [0.25, 0.3) is 0 Å². The monoisotopic (exact) mass is 372 g/mol. The Labute approximate surface area is 160 Å². The second kappa shape index (κ2) is 9.01. The predicted octanol–water partition coefficient (Wildman–Crippen LogP) is 1.77. The first-order chi connectivity index (χ1) is 13.0. The van der Waals surface area contributed by atoms with Crippen molar-refractivity contribution in [3.05, 3.63) is 47.3 Å². The number of rotatable bonds is 7. The molecule has 1 amide bonds. The number of nitrogens with zero attached hydrogens (tertiary/aromatic N) is 4. The number of likely N-dealkylation sites (N-methyl/N-ethyl adjacent to an activating group) is 1. The Bertz CT molecular complexity index is 736. The predicted molar refractivity (Wildman–Crippen MR) is 102 cm³/mol. The molecule has 7 nitrogen and oxygen atoms in total. The molecule has 3 rings (SSSR count). The molecule has 1 aliphatic heterocycles. The molecule has 0 aliphatic carbocycles. The summed E-state index contributed by atoms with van der Waals surface area (Å²) in [5.41, 5.74) is 2.07. The average molecular weight is 372 g/mol. The topological polar surface area (TPSA) is 62.1 Å². The Morgan fingerprint density at radius 1 is 1.19 bits per heavy atom. The van der Waals surface area contributed by atoms with Crippen LogP contribution in [-0.2, 0) is 17.9 Å². The summed E-state index contributed by atoms with van der Waals surface area (Å²) in [7, 11) is 3.51. The molecule has 1 aliphatic rings. The van der Waals surface area contributed by atoms with E-state index in [1.165, 1.54) is 0 Å². The van der Waals surface area contributed by atoms with Crippen LogP contribution in [0.25, 0.3) is 0 Å². The van der Waals surface area contributed by atoms with Crippen molar-refractivity contribution >= 4 is 5.91 Å². The highest BCUT2D eigenvalue weighted by molar-refractivity contribution is 5.78. The van der Waals surface area contributed by atoms with E-state index in [4.69, 9.17) is 9.26 Å². The summed E-state index contributed by atoms with van der Waals surface area (Å²) in [5.74, 6) is 1.81. The zero-order chi connectivity index (χ0) is 19.2. The summed E-state index contributed by atoms with van der Waals surface area (Å²) in [6.07, 6.45) is 0. The smallest absolute Gasteiger partial charge is 0.236 e. The van der Waals surface area contributed by atoms with Gasteiger partial charge in [-0.1, -0.05) is 17.3 Å². The summed E-state index contributed by atoms with van der Waals surface area (Å²) in [4.78, 5) is 18.9. The van der Waals surface area contributed by atoms with Crippen LogP contribution in [-0.4, -0.2) is 72.6 Å². The Balaban J connectivity index is 1.41. The maximum atomic E-state index is 12.5. The van der Waals surface area contributed by atoms with Crippen molar-refractivity contribution in [3.8, 4) is 5.75 Å². The maximum Gasteiger partial charge on any atom is 0.236 e. The van der Waals surface area contributed by atoms with Crippen LogP contribution in [0.3, 0.4) is 0 Å². The molecule has 0 bridgehead atoms. The Hall–Kier alpha value is -2.38. The zero-order valence-electron chi connectivity index (χ0n) is 16.4. The third kappa shape index (κ3) is 5.55. The lowest BCUT2D eigenvalue weighted by atomic mass is 10.2. The largest absolute Gasteiger partial charge is 0.497 e. The van der Waals surface area contributed by atoms with Crippen LogP contribution in [0.4, 0.5) is 0 Å². The van der Waals surface area contributed by atoms with Gasteiger partial charge in [0.15, 0.2) is 0 Å². The minimum Gasteiger partial charge on any atom is -0.497 e. The minimum atomic E-state index is 0.145. The quantitative estimate of drug-likeness (QED) is 0.738. The first kappa shape index (κ1) is 19.4. The van der Waals surface area contributed by atoms with E-state index in [2.05, 4.69) is 15.0 Å². The van der Waals surface area contributed by atoms with Crippen molar-refractivity contribution in [2.75, 3.05) is 46.9 Å². The van der Waals surface area contributed by atoms with Crippen molar-refractivity contribution < 1.29 is 14.1 Å². The summed E-state index contributed by atoms with van der Waals surface area (Å²) in [5, 5.41) is 4.05. The van der Waals surface area contributed by atoms with Crippen molar-refractivity contribution in [2.45, 2.75) is 20.0 Å². The highest BCUT2D eigenvalue weighted by Gasteiger charge is 2.21. The van der Waals surface area contributed by atoms with Gasteiger partial charge in [-0.05, 0) is 24.6 Å². The van der Waals surface area contributed by atoms with Crippen LogP contribution in [0.15, 0.2) is 34.9 Å². The number of hydrogen-bond donors (Lipinski definition) is 0. The number of piperazine rings is 1. The Kier molecular flexibility index (Phi) is 6.47. The standard InChI is InChI=1S/C20H28N4O3/c1-16-12-18(21-27-16)14-23-8-10-24(11-9-23)15-20(25)22(2)13-17-4-6-19(26-3)7-5-17/h4-7,12H,8-11,13-15H2,1-3H3. The third-order valence-electron chi connectivity index (χ3n) is 4.89. The number of ether oxygens (including phenoxy) is 1. The van der Waals surface area contributed by atoms with Crippen molar-refractivity contribution in [1.29, 1.82) is 0 Å². The number of methoxy groups -OCH3 is 1. The molecule has 0 atom stereocenters. The van der Waals surface area contributed by atoms with E-state index in [9.17, 15) is 4.79 Å². The van der Waals surface area contributed by atoms with E-state index < -0.39 is 0 Å². The van der Waals surface area contributed by atoms with Gasteiger partial charge in [0.05, 0.1) is 19.3 Å². The van der Waals surface area contributed by atoms with Gasteiger partial charge < -0.3 is 14.2 Å². The van der Waals surface area contributed by atoms with Crippen molar-refractivity contribution in [2.24, 2.45) is 0 Å². The lowest BCUT2D eigenvalue weighted by Crippen LogP contribution is -2.49.